The van der Waals surface area contributed by atoms with Gasteiger partial charge in [-0.25, -0.2) is 0 Å². The van der Waals surface area contributed by atoms with Crippen molar-refractivity contribution < 1.29 is 19.1 Å². The van der Waals surface area contributed by atoms with Crippen LogP contribution < -0.4 is 10.5 Å². The lowest BCUT2D eigenvalue weighted by molar-refractivity contribution is -0.141. The van der Waals surface area contributed by atoms with Crippen LogP contribution >= 0.6 is 0 Å². The number of hydrogen-bond acceptors (Lipinski definition) is 4. The first kappa shape index (κ1) is 17.3. The normalized spacial score (nSPS) is 19.2. The van der Waals surface area contributed by atoms with E-state index in [2.05, 4.69) is 0 Å². The maximum Gasteiger partial charge on any atom is 0.223 e. The minimum absolute atomic E-state index is 0.0120. The third kappa shape index (κ3) is 4.45. The molecule has 2 amide bonds. The summed E-state index contributed by atoms with van der Waals surface area (Å²) in [4.78, 5) is 25.5. The summed E-state index contributed by atoms with van der Waals surface area (Å²) in [6.45, 7) is 3.34. The van der Waals surface area contributed by atoms with E-state index in [0.29, 0.717) is 26.2 Å². The first-order chi connectivity index (χ1) is 11.0. The molecule has 2 N–H and O–H groups in total. The molecule has 1 saturated heterocycles. The van der Waals surface area contributed by atoms with E-state index in [9.17, 15) is 9.59 Å². The Labute approximate surface area is 136 Å². The summed E-state index contributed by atoms with van der Waals surface area (Å²) >= 11 is 0. The van der Waals surface area contributed by atoms with Crippen molar-refractivity contribution in [1.29, 1.82) is 0 Å². The van der Waals surface area contributed by atoms with Crippen LogP contribution in [0.1, 0.15) is 31.2 Å². The highest BCUT2D eigenvalue weighted by atomic mass is 16.5. The SMILES string of the molecule is COc1ccccc1[C@@H](C)CC(=O)N1CCOC[C@H]1CC(N)=O. The number of nitrogens with two attached hydrogens (primary N) is 1. The van der Waals surface area contributed by atoms with Gasteiger partial charge in [0.1, 0.15) is 5.75 Å². The van der Waals surface area contributed by atoms with Crippen molar-refractivity contribution in [2.24, 2.45) is 5.73 Å². The van der Waals surface area contributed by atoms with Crippen LogP contribution in [0.5, 0.6) is 5.75 Å². The standard InChI is InChI=1S/C17H24N2O4/c1-12(14-5-3-4-6-15(14)22-2)9-17(21)19-7-8-23-11-13(19)10-16(18)20/h3-6,12-13H,7-11H2,1-2H3,(H2,18,20)/t12-,13+/m0/s1. The van der Waals surface area contributed by atoms with Crippen molar-refractivity contribution in [2.75, 3.05) is 26.9 Å². The molecule has 1 aliphatic rings. The lowest BCUT2D eigenvalue weighted by atomic mass is 9.95. The second-order valence-electron chi connectivity index (χ2n) is 5.83. The van der Waals surface area contributed by atoms with Crippen LogP contribution in [-0.2, 0) is 14.3 Å². The van der Waals surface area contributed by atoms with Crippen molar-refractivity contribution >= 4 is 11.8 Å². The molecule has 0 saturated carbocycles. The topological polar surface area (TPSA) is 81.9 Å². The number of benzene rings is 1. The molecule has 2 rings (SSSR count). The number of carbonyl (C=O) groups excluding carboxylic acids is 2. The molecular weight excluding hydrogens is 296 g/mol. The number of ether oxygens (including phenoxy) is 2. The van der Waals surface area contributed by atoms with Gasteiger partial charge >= 0.3 is 0 Å². The van der Waals surface area contributed by atoms with E-state index in [-0.39, 0.29) is 24.3 Å². The molecule has 6 nitrogen and oxygen atoms in total. The van der Waals surface area contributed by atoms with Crippen molar-refractivity contribution in [3.05, 3.63) is 29.8 Å². The fourth-order valence-electron chi connectivity index (χ4n) is 2.95. The zero-order valence-electron chi connectivity index (χ0n) is 13.7. The van der Waals surface area contributed by atoms with Gasteiger partial charge in [-0.1, -0.05) is 25.1 Å². The zero-order valence-corrected chi connectivity index (χ0v) is 13.7. The number of morpholine rings is 1. The third-order valence-electron chi connectivity index (χ3n) is 4.14. The average Bonchev–Trinajstić information content (AvgIpc) is 2.54. The highest BCUT2D eigenvalue weighted by Crippen LogP contribution is 2.29. The van der Waals surface area contributed by atoms with Crippen LogP contribution in [0.25, 0.3) is 0 Å². The molecule has 1 heterocycles. The fraction of sp³-hybridized carbons (Fsp3) is 0.529. The number of primary amides is 1. The Morgan fingerprint density at radius 3 is 2.87 bits per heavy atom. The van der Waals surface area contributed by atoms with E-state index in [1.807, 2.05) is 31.2 Å². The Hall–Kier alpha value is -2.08. The number of methoxy groups -OCH3 is 1. The molecule has 0 radical (unpaired) electrons. The summed E-state index contributed by atoms with van der Waals surface area (Å²) in [5.74, 6) is 0.396. The predicted molar refractivity (Wildman–Crippen MR) is 86.2 cm³/mol. The van der Waals surface area contributed by atoms with Gasteiger partial charge in [-0.2, -0.15) is 0 Å². The predicted octanol–water partition coefficient (Wildman–Crippen LogP) is 1.29. The molecule has 0 aliphatic carbocycles. The second-order valence-corrected chi connectivity index (χ2v) is 5.83. The molecule has 1 aromatic rings. The Bertz CT molecular complexity index is 561. The van der Waals surface area contributed by atoms with E-state index in [1.54, 1.807) is 12.0 Å². The molecule has 1 fully saturated rings. The van der Waals surface area contributed by atoms with Gasteiger partial charge < -0.3 is 20.1 Å². The van der Waals surface area contributed by atoms with Crippen molar-refractivity contribution in [3.63, 3.8) is 0 Å². The Kier molecular flexibility index (Phi) is 5.98. The second kappa shape index (κ2) is 7.97. The molecule has 126 valence electrons. The van der Waals surface area contributed by atoms with Crippen LogP contribution in [0.15, 0.2) is 24.3 Å². The number of carbonyl (C=O) groups is 2. The molecule has 0 bridgehead atoms. The monoisotopic (exact) mass is 320 g/mol. The molecule has 2 atom stereocenters. The molecule has 0 aromatic heterocycles. The average molecular weight is 320 g/mol. The quantitative estimate of drug-likeness (QED) is 0.856. The Morgan fingerprint density at radius 1 is 1.43 bits per heavy atom. The van der Waals surface area contributed by atoms with E-state index >= 15 is 0 Å². The smallest absolute Gasteiger partial charge is 0.223 e. The van der Waals surface area contributed by atoms with Crippen LogP contribution in [-0.4, -0.2) is 49.6 Å². The van der Waals surface area contributed by atoms with Gasteiger partial charge in [0.15, 0.2) is 0 Å². The molecule has 0 spiro atoms. The minimum atomic E-state index is -0.420. The largest absolute Gasteiger partial charge is 0.496 e. The number of amides is 2. The Morgan fingerprint density at radius 2 is 2.17 bits per heavy atom. The van der Waals surface area contributed by atoms with Crippen LogP contribution in [0.2, 0.25) is 0 Å². The molecule has 0 unspecified atom stereocenters. The van der Waals surface area contributed by atoms with Gasteiger partial charge in [0.05, 0.1) is 26.4 Å². The number of rotatable bonds is 6. The van der Waals surface area contributed by atoms with E-state index in [1.165, 1.54) is 0 Å². The van der Waals surface area contributed by atoms with Gasteiger partial charge in [0, 0.05) is 19.4 Å². The third-order valence-corrected chi connectivity index (χ3v) is 4.14. The van der Waals surface area contributed by atoms with Crippen molar-refractivity contribution in [1.82, 2.24) is 4.90 Å². The van der Waals surface area contributed by atoms with E-state index < -0.39 is 5.91 Å². The first-order valence-corrected chi connectivity index (χ1v) is 7.81. The van der Waals surface area contributed by atoms with Gasteiger partial charge in [-0.3, -0.25) is 9.59 Å². The fourth-order valence-corrected chi connectivity index (χ4v) is 2.95. The summed E-state index contributed by atoms with van der Waals surface area (Å²) < 4.78 is 10.7. The summed E-state index contributed by atoms with van der Waals surface area (Å²) in [5.41, 5.74) is 6.27. The van der Waals surface area contributed by atoms with Gasteiger partial charge in [0.25, 0.3) is 0 Å². The maximum atomic E-state index is 12.7. The highest BCUT2D eigenvalue weighted by Gasteiger charge is 2.29. The lowest BCUT2D eigenvalue weighted by Gasteiger charge is -2.35. The number of hydrogen-bond donors (Lipinski definition) is 1. The van der Waals surface area contributed by atoms with E-state index in [0.717, 1.165) is 11.3 Å². The van der Waals surface area contributed by atoms with Gasteiger partial charge in [-0.05, 0) is 17.5 Å². The summed E-state index contributed by atoms with van der Waals surface area (Å²) in [5, 5.41) is 0. The number of para-hydroxylation sites is 1. The minimum Gasteiger partial charge on any atom is -0.496 e. The van der Waals surface area contributed by atoms with Crippen LogP contribution in [0, 0.1) is 0 Å². The van der Waals surface area contributed by atoms with Crippen LogP contribution in [0.3, 0.4) is 0 Å². The summed E-state index contributed by atoms with van der Waals surface area (Å²) in [6.07, 6.45) is 0.490. The lowest BCUT2D eigenvalue weighted by Crippen LogP contribution is -2.50. The zero-order chi connectivity index (χ0) is 16.8. The molecular formula is C17H24N2O4. The molecule has 23 heavy (non-hydrogen) atoms. The molecule has 6 heteroatoms. The summed E-state index contributed by atoms with van der Waals surface area (Å²) in [6, 6.07) is 7.43. The van der Waals surface area contributed by atoms with Gasteiger partial charge in [-0.15, -0.1) is 0 Å². The van der Waals surface area contributed by atoms with Crippen molar-refractivity contribution in [2.45, 2.75) is 31.7 Å². The maximum absolute atomic E-state index is 12.7. The summed E-state index contributed by atoms with van der Waals surface area (Å²) in [7, 11) is 1.62. The van der Waals surface area contributed by atoms with Crippen LogP contribution in [0.4, 0.5) is 0 Å². The number of nitrogens with zero attached hydrogens (tertiary/aromatic N) is 1. The van der Waals surface area contributed by atoms with Gasteiger partial charge in [0.2, 0.25) is 11.8 Å². The highest BCUT2D eigenvalue weighted by molar-refractivity contribution is 5.80. The Balaban J connectivity index is 2.05. The van der Waals surface area contributed by atoms with E-state index in [4.69, 9.17) is 15.2 Å². The van der Waals surface area contributed by atoms with Crippen molar-refractivity contribution in [3.8, 4) is 5.75 Å². The molecule has 1 aliphatic heterocycles. The first-order valence-electron chi connectivity index (χ1n) is 7.81. The molecule has 1 aromatic carbocycles.